The smallest absolute Gasteiger partial charge is 0.341 e. The fourth-order valence-electron chi connectivity index (χ4n) is 4.64. The van der Waals surface area contributed by atoms with Gasteiger partial charge in [0.2, 0.25) is 0 Å². The predicted octanol–water partition coefficient (Wildman–Crippen LogP) is 5.96. The second kappa shape index (κ2) is 10.5. The summed E-state index contributed by atoms with van der Waals surface area (Å²) in [5, 5.41) is 7.23. The minimum atomic E-state index is -2.85. The van der Waals surface area contributed by atoms with Crippen molar-refractivity contribution in [3.63, 3.8) is 0 Å². The van der Waals surface area contributed by atoms with Gasteiger partial charge in [0.1, 0.15) is 22.0 Å². The number of rotatable bonds is 7. The second-order valence-electron chi connectivity index (χ2n) is 9.12. The van der Waals surface area contributed by atoms with E-state index in [4.69, 9.17) is 9.47 Å². The molecule has 4 aromatic rings. The molecule has 38 heavy (non-hydrogen) atoms. The topological polar surface area (TPSA) is 94.8 Å². The van der Waals surface area contributed by atoms with E-state index in [0.29, 0.717) is 27.8 Å². The molecule has 0 unspecified atom stereocenters. The first-order chi connectivity index (χ1) is 18.3. The minimum absolute atomic E-state index is 0.0109. The summed E-state index contributed by atoms with van der Waals surface area (Å²) in [7, 11) is 1.53. The minimum Gasteiger partial charge on any atom is -0.497 e. The van der Waals surface area contributed by atoms with Crippen LogP contribution in [0.25, 0.3) is 16.9 Å². The normalized spacial score (nSPS) is 14.9. The van der Waals surface area contributed by atoms with Crippen LogP contribution in [-0.4, -0.2) is 40.2 Å². The summed E-state index contributed by atoms with van der Waals surface area (Å²) in [6, 6.07) is 8.05. The molecular formula is C27H26F2N4O4S. The van der Waals surface area contributed by atoms with E-state index in [1.807, 2.05) is 0 Å². The maximum atomic E-state index is 14.0. The van der Waals surface area contributed by atoms with Gasteiger partial charge < -0.3 is 14.8 Å². The number of alkyl halides is 2. The molecule has 1 aliphatic carbocycles. The number of esters is 1. The number of fused-ring (bicyclic) bond motifs is 2. The van der Waals surface area contributed by atoms with Gasteiger partial charge in [-0.25, -0.2) is 23.1 Å². The summed E-state index contributed by atoms with van der Waals surface area (Å²) in [5.41, 5.74) is 1.71. The van der Waals surface area contributed by atoms with Crippen LogP contribution >= 0.6 is 11.3 Å². The van der Waals surface area contributed by atoms with E-state index in [9.17, 15) is 18.4 Å². The van der Waals surface area contributed by atoms with Crippen LogP contribution < -0.4 is 10.1 Å². The van der Waals surface area contributed by atoms with Crippen LogP contribution in [0.4, 0.5) is 13.8 Å². The number of hydrogen-bond acceptors (Lipinski definition) is 7. The highest BCUT2D eigenvalue weighted by Gasteiger charge is 2.30. The number of carbonyl (C=O) groups is 2. The highest BCUT2D eigenvalue weighted by atomic mass is 32.1. The Morgan fingerprint density at radius 3 is 2.71 bits per heavy atom. The molecule has 1 aromatic carbocycles. The number of methoxy groups -OCH3 is 1. The third-order valence-corrected chi connectivity index (χ3v) is 7.74. The standard InChI is InChI=1S/C27H26F2N4O4S/c1-4-37-27(35)22-17-10-5-14(2)11-21(17)38-26(22)32-25(34)18-13-30-33-20(23(28)29)12-19(31-24(18)33)15-6-8-16(36-3)9-7-15/h6-9,12-14,23H,4-5,10-11H2,1-3H3,(H,32,34)/t14-/m0/s1. The molecule has 3 aromatic heterocycles. The van der Waals surface area contributed by atoms with Crippen molar-refractivity contribution in [1.82, 2.24) is 14.6 Å². The van der Waals surface area contributed by atoms with Crippen LogP contribution in [0.1, 0.15) is 63.5 Å². The maximum absolute atomic E-state index is 14.0. The zero-order valence-corrected chi connectivity index (χ0v) is 21.9. The van der Waals surface area contributed by atoms with Crippen molar-refractivity contribution < 1.29 is 27.8 Å². The average Bonchev–Trinajstić information content (AvgIpc) is 3.49. The Balaban J connectivity index is 1.56. The summed E-state index contributed by atoms with van der Waals surface area (Å²) < 4.78 is 39.4. The van der Waals surface area contributed by atoms with Crippen LogP contribution in [0.15, 0.2) is 36.5 Å². The van der Waals surface area contributed by atoms with Gasteiger partial charge in [-0.05, 0) is 68.0 Å². The molecule has 0 fully saturated rings. The molecule has 198 valence electrons. The SMILES string of the molecule is CCOC(=O)c1c(NC(=O)c2cnn3c(C(F)F)cc(-c4ccc(OC)cc4)nc23)sc2c1CC[C@H](C)C2. The van der Waals surface area contributed by atoms with Gasteiger partial charge in [-0.3, -0.25) is 4.79 Å². The molecule has 1 aliphatic rings. The average molecular weight is 541 g/mol. The molecule has 0 saturated carbocycles. The van der Waals surface area contributed by atoms with Crippen LogP contribution in [-0.2, 0) is 17.6 Å². The van der Waals surface area contributed by atoms with Gasteiger partial charge in [0.15, 0.2) is 5.65 Å². The van der Waals surface area contributed by atoms with E-state index in [0.717, 1.165) is 34.2 Å². The number of hydrogen-bond donors (Lipinski definition) is 1. The number of nitrogens with zero attached hydrogens (tertiary/aromatic N) is 3. The lowest BCUT2D eigenvalue weighted by Crippen LogP contribution is -2.17. The van der Waals surface area contributed by atoms with Crippen molar-refractivity contribution in [1.29, 1.82) is 0 Å². The van der Waals surface area contributed by atoms with Crippen LogP contribution in [0.3, 0.4) is 0 Å². The number of carbonyl (C=O) groups excluding carboxylic acids is 2. The first kappa shape index (κ1) is 25.8. The van der Waals surface area contributed by atoms with Crippen molar-refractivity contribution in [3.8, 4) is 17.0 Å². The van der Waals surface area contributed by atoms with Crippen molar-refractivity contribution in [2.24, 2.45) is 5.92 Å². The molecule has 1 amide bonds. The third kappa shape index (κ3) is 4.73. The van der Waals surface area contributed by atoms with Gasteiger partial charge in [-0.1, -0.05) is 6.92 Å². The highest BCUT2D eigenvalue weighted by Crippen LogP contribution is 2.40. The predicted molar refractivity (Wildman–Crippen MR) is 139 cm³/mol. The number of aromatic nitrogens is 3. The molecule has 8 nitrogen and oxygen atoms in total. The zero-order chi connectivity index (χ0) is 27.0. The Kier molecular flexibility index (Phi) is 7.11. The molecule has 0 radical (unpaired) electrons. The number of anilines is 1. The summed E-state index contributed by atoms with van der Waals surface area (Å²) in [6.07, 6.45) is 0.823. The fraction of sp³-hybridized carbons (Fsp3) is 0.333. The first-order valence-corrected chi connectivity index (χ1v) is 13.1. The van der Waals surface area contributed by atoms with E-state index in [2.05, 4.69) is 22.3 Å². The monoisotopic (exact) mass is 540 g/mol. The number of amides is 1. The van der Waals surface area contributed by atoms with E-state index >= 15 is 0 Å². The Bertz CT molecular complexity index is 1510. The first-order valence-electron chi connectivity index (χ1n) is 12.2. The van der Waals surface area contributed by atoms with E-state index in [1.54, 1.807) is 31.2 Å². The summed E-state index contributed by atoms with van der Waals surface area (Å²) >= 11 is 1.35. The molecule has 1 N–H and O–H groups in total. The lowest BCUT2D eigenvalue weighted by Gasteiger charge is -2.18. The van der Waals surface area contributed by atoms with Gasteiger partial charge in [-0.2, -0.15) is 5.10 Å². The van der Waals surface area contributed by atoms with E-state index < -0.39 is 24.0 Å². The molecule has 5 rings (SSSR count). The van der Waals surface area contributed by atoms with Crippen LogP contribution in [0.2, 0.25) is 0 Å². The van der Waals surface area contributed by atoms with Crippen molar-refractivity contribution in [2.75, 3.05) is 19.0 Å². The summed E-state index contributed by atoms with van der Waals surface area (Å²) in [6.45, 7) is 4.08. The van der Waals surface area contributed by atoms with Gasteiger partial charge in [0.05, 0.1) is 31.2 Å². The fourth-order valence-corrected chi connectivity index (χ4v) is 6.03. The van der Waals surface area contributed by atoms with Crippen molar-refractivity contribution in [2.45, 2.75) is 39.5 Å². The lowest BCUT2D eigenvalue weighted by atomic mass is 9.88. The highest BCUT2D eigenvalue weighted by molar-refractivity contribution is 7.17. The second-order valence-corrected chi connectivity index (χ2v) is 10.2. The molecule has 0 spiro atoms. The van der Waals surface area contributed by atoms with Gasteiger partial charge in [0, 0.05) is 10.4 Å². The van der Waals surface area contributed by atoms with Crippen molar-refractivity contribution >= 4 is 33.9 Å². The molecule has 3 heterocycles. The summed E-state index contributed by atoms with van der Waals surface area (Å²) in [5.74, 6) is -0.0158. The maximum Gasteiger partial charge on any atom is 0.341 e. The third-order valence-electron chi connectivity index (χ3n) is 6.57. The number of benzene rings is 1. The quantitative estimate of drug-likeness (QED) is 0.291. The number of halogens is 2. The molecule has 0 saturated heterocycles. The van der Waals surface area contributed by atoms with E-state index in [1.165, 1.54) is 30.7 Å². The van der Waals surface area contributed by atoms with Crippen LogP contribution in [0, 0.1) is 5.92 Å². The van der Waals surface area contributed by atoms with E-state index in [-0.39, 0.29) is 23.5 Å². The molecule has 0 aliphatic heterocycles. The Morgan fingerprint density at radius 2 is 2.03 bits per heavy atom. The Labute approximate surface area is 221 Å². The largest absolute Gasteiger partial charge is 0.497 e. The van der Waals surface area contributed by atoms with Gasteiger partial charge >= 0.3 is 5.97 Å². The molecule has 1 atom stereocenters. The number of nitrogens with one attached hydrogen (secondary N) is 1. The molecule has 11 heteroatoms. The summed E-state index contributed by atoms with van der Waals surface area (Å²) in [4.78, 5) is 31.8. The Morgan fingerprint density at radius 1 is 1.26 bits per heavy atom. The van der Waals surface area contributed by atoms with Crippen molar-refractivity contribution in [3.05, 3.63) is 63.8 Å². The zero-order valence-electron chi connectivity index (χ0n) is 21.1. The molecular weight excluding hydrogens is 514 g/mol. The molecule has 0 bridgehead atoms. The number of thiophene rings is 1. The van der Waals surface area contributed by atoms with Gasteiger partial charge in [-0.15, -0.1) is 11.3 Å². The number of ether oxygens (including phenoxy) is 2. The Hall–Kier alpha value is -3.86. The van der Waals surface area contributed by atoms with Crippen LogP contribution in [0.5, 0.6) is 5.75 Å². The van der Waals surface area contributed by atoms with Gasteiger partial charge in [0.25, 0.3) is 12.3 Å². The lowest BCUT2D eigenvalue weighted by molar-refractivity contribution is 0.0526.